The Kier molecular flexibility index (Phi) is 2.57. The van der Waals surface area contributed by atoms with Crippen LogP contribution in [0.15, 0.2) is 29.5 Å². The molecule has 0 spiro atoms. The number of pyridine rings is 1. The van der Waals surface area contributed by atoms with Gasteiger partial charge in [-0.3, -0.25) is 20.7 Å². The van der Waals surface area contributed by atoms with Gasteiger partial charge in [0.1, 0.15) is 0 Å². The number of hydrogen-bond donors (Lipinski definition) is 2. The molecule has 2 N–H and O–H groups in total. The molecule has 0 aromatic carbocycles. The van der Waals surface area contributed by atoms with Crippen molar-refractivity contribution in [1.29, 1.82) is 0 Å². The molecule has 4 heteroatoms. The molecule has 11 heavy (non-hydrogen) atoms. The van der Waals surface area contributed by atoms with Crippen molar-refractivity contribution in [3.8, 4) is 0 Å². The van der Waals surface area contributed by atoms with Gasteiger partial charge in [0.15, 0.2) is 5.84 Å². The van der Waals surface area contributed by atoms with Gasteiger partial charge in [0.25, 0.3) is 0 Å². The molecule has 1 rings (SSSR count). The van der Waals surface area contributed by atoms with Gasteiger partial charge in [-0.05, 0) is 12.1 Å². The summed E-state index contributed by atoms with van der Waals surface area (Å²) in [5, 5.41) is 8.57. The van der Waals surface area contributed by atoms with E-state index in [1.54, 1.807) is 31.6 Å². The molecular formula is C7H9N3O. The van der Waals surface area contributed by atoms with Gasteiger partial charge in [0.05, 0.1) is 0 Å². The summed E-state index contributed by atoms with van der Waals surface area (Å²) in [6.45, 7) is 0. The Bertz CT molecular complexity index is 245. The lowest BCUT2D eigenvalue weighted by Gasteiger charge is -2.00. The van der Waals surface area contributed by atoms with E-state index in [4.69, 9.17) is 5.21 Å². The number of nitrogens with one attached hydrogen (secondary N) is 1. The summed E-state index contributed by atoms with van der Waals surface area (Å²) in [4.78, 5) is 7.66. The van der Waals surface area contributed by atoms with E-state index in [2.05, 4.69) is 9.98 Å². The van der Waals surface area contributed by atoms with Crippen LogP contribution < -0.4 is 5.48 Å². The maximum absolute atomic E-state index is 8.57. The molecule has 0 aliphatic carbocycles. The fraction of sp³-hybridized carbons (Fsp3) is 0.143. The highest BCUT2D eigenvalue weighted by molar-refractivity contribution is 5.97. The normalized spacial score (nSPS) is 11.3. The summed E-state index contributed by atoms with van der Waals surface area (Å²) in [6, 6.07) is 3.58. The van der Waals surface area contributed by atoms with Crippen LogP contribution in [-0.4, -0.2) is 23.1 Å². The van der Waals surface area contributed by atoms with E-state index < -0.39 is 0 Å². The van der Waals surface area contributed by atoms with Crippen molar-refractivity contribution >= 4 is 5.84 Å². The van der Waals surface area contributed by atoms with E-state index in [0.717, 1.165) is 5.56 Å². The molecule has 0 amide bonds. The van der Waals surface area contributed by atoms with Crippen molar-refractivity contribution in [1.82, 2.24) is 10.5 Å². The van der Waals surface area contributed by atoms with Crippen molar-refractivity contribution in [3.05, 3.63) is 30.1 Å². The summed E-state index contributed by atoms with van der Waals surface area (Å²) in [5.74, 6) is 0.415. The van der Waals surface area contributed by atoms with E-state index in [1.807, 2.05) is 5.48 Å². The Morgan fingerprint density at radius 2 is 2.55 bits per heavy atom. The maximum atomic E-state index is 8.57. The first-order chi connectivity index (χ1) is 5.38. The molecule has 0 aliphatic heterocycles. The molecule has 4 nitrogen and oxygen atoms in total. The summed E-state index contributed by atoms with van der Waals surface area (Å²) in [6.07, 6.45) is 3.28. The van der Waals surface area contributed by atoms with Gasteiger partial charge in [-0.25, -0.2) is 0 Å². The second-order valence-corrected chi connectivity index (χ2v) is 1.93. The van der Waals surface area contributed by atoms with Crippen LogP contribution in [0, 0.1) is 0 Å². The number of nitrogens with zero attached hydrogens (tertiary/aromatic N) is 2. The SMILES string of the molecule is CN=C(NO)c1cccnc1. The first kappa shape index (κ1) is 7.68. The average Bonchev–Trinajstić information content (AvgIpc) is 2.09. The zero-order chi connectivity index (χ0) is 8.10. The third-order valence-electron chi connectivity index (χ3n) is 1.26. The molecular weight excluding hydrogens is 142 g/mol. The summed E-state index contributed by atoms with van der Waals surface area (Å²) in [5.41, 5.74) is 2.74. The minimum atomic E-state index is 0.415. The summed E-state index contributed by atoms with van der Waals surface area (Å²) in [7, 11) is 1.59. The molecule has 0 fully saturated rings. The Labute approximate surface area is 64.6 Å². The van der Waals surface area contributed by atoms with Gasteiger partial charge in [-0.2, -0.15) is 0 Å². The molecule has 0 bridgehead atoms. The molecule has 0 saturated heterocycles. The molecule has 1 aromatic heterocycles. The van der Waals surface area contributed by atoms with Crippen molar-refractivity contribution in [3.63, 3.8) is 0 Å². The molecule has 1 aromatic rings. The zero-order valence-electron chi connectivity index (χ0n) is 6.15. The van der Waals surface area contributed by atoms with Crippen LogP contribution in [0.4, 0.5) is 0 Å². The Morgan fingerprint density at radius 3 is 3.00 bits per heavy atom. The van der Waals surface area contributed by atoms with Crippen LogP contribution in [0.2, 0.25) is 0 Å². The number of hydroxylamine groups is 1. The Balaban J connectivity index is 2.92. The zero-order valence-corrected chi connectivity index (χ0v) is 6.15. The molecule has 0 unspecified atom stereocenters. The molecule has 0 saturated carbocycles. The average molecular weight is 151 g/mol. The fourth-order valence-corrected chi connectivity index (χ4v) is 0.746. The lowest BCUT2D eigenvalue weighted by Crippen LogP contribution is -2.19. The number of aliphatic imine (C=N–C) groups is 1. The quantitative estimate of drug-likeness (QED) is 0.348. The molecule has 0 aliphatic rings. The number of amidine groups is 1. The minimum Gasteiger partial charge on any atom is -0.290 e. The second-order valence-electron chi connectivity index (χ2n) is 1.93. The lowest BCUT2D eigenvalue weighted by molar-refractivity contribution is 0.235. The first-order valence-corrected chi connectivity index (χ1v) is 3.15. The predicted molar refractivity (Wildman–Crippen MR) is 41.6 cm³/mol. The van der Waals surface area contributed by atoms with Crippen LogP contribution in [0.3, 0.4) is 0 Å². The van der Waals surface area contributed by atoms with Gasteiger partial charge >= 0.3 is 0 Å². The van der Waals surface area contributed by atoms with E-state index in [0.29, 0.717) is 5.84 Å². The maximum Gasteiger partial charge on any atom is 0.153 e. The van der Waals surface area contributed by atoms with Crippen LogP contribution in [0.25, 0.3) is 0 Å². The van der Waals surface area contributed by atoms with Crippen molar-refractivity contribution in [2.45, 2.75) is 0 Å². The van der Waals surface area contributed by atoms with Crippen molar-refractivity contribution < 1.29 is 5.21 Å². The van der Waals surface area contributed by atoms with E-state index >= 15 is 0 Å². The minimum absolute atomic E-state index is 0.415. The highest BCUT2D eigenvalue weighted by Gasteiger charge is 1.97. The summed E-state index contributed by atoms with van der Waals surface area (Å²) < 4.78 is 0. The number of hydrogen-bond acceptors (Lipinski definition) is 3. The first-order valence-electron chi connectivity index (χ1n) is 3.15. The molecule has 1 heterocycles. The van der Waals surface area contributed by atoms with Crippen LogP contribution in [0.5, 0.6) is 0 Å². The third kappa shape index (κ3) is 1.75. The highest BCUT2D eigenvalue weighted by atomic mass is 16.5. The lowest BCUT2D eigenvalue weighted by atomic mass is 10.3. The standard InChI is InChI=1S/C7H9N3O/c1-8-7(10-11)6-3-2-4-9-5-6/h2-5,11H,1H3,(H,8,10). The number of aromatic nitrogens is 1. The van der Waals surface area contributed by atoms with Gasteiger partial charge < -0.3 is 0 Å². The monoisotopic (exact) mass is 151 g/mol. The predicted octanol–water partition coefficient (Wildman–Crippen LogP) is 0.437. The molecule has 0 atom stereocenters. The highest BCUT2D eigenvalue weighted by Crippen LogP contribution is 1.94. The van der Waals surface area contributed by atoms with Gasteiger partial charge in [-0.15, -0.1) is 0 Å². The second kappa shape index (κ2) is 3.68. The smallest absolute Gasteiger partial charge is 0.153 e. The van der Waals surface area contributed by atoms with Crippen LogP contribution in [-0.2, 0) is 0 Å². The van der Waals surface area contributed by atoms with Gasteiger partial charge in [0, 0.05) is 25.0 Å². The van der Waals surface area contributed by atoms with Gasteiger partial charge in [-0.1, -0.05) is 0 Å². The topological polar surface area (TPSA) is 57.5 Å². The Morgan fingerprint density at radius 1 is 1.73 bits per heavy atom. The Hall–Kier alpha value is -1.42. The molecule has 0 radical (unpaired) electrons. The van der Waals surface area contributed by atoms with Gasteiger partial charge in [0.2, 0.25) is 0 Å². The van der Waals surface area contributed by atoms with Crippen LogP contribution >= 0.6 is 0 Å². The van der Waals surface area contributed by atoms with E-state index in [-0.39, 0.29) is 0 Å². The van der Waals surface area contributed by atoms with Crippen LogP contribution in [0.1, 0.15) is 5.56 Å². The van der Waals surface area contributed by atoms with E-state index in [9.17, 15) is 0 Å². The summed E-state index contributed by atoms with van der Waals surface area (Å²) >= 11 is 0. The molecule has 58 valence electrons. The fourth-order valence-electron chi connectivity index (χ4n) is 0.746. The largest absolute Gasteiger partial charge is 0.290 e. The number of rotatable bonds is 1. The van der Waals surface area contributed by atoms with Crippen molar-refractivity contribution in [2.24, 2.45) is 4.99 Å². The van der Waals surface area contributed by atoms with E-state index in [1.165, 1.54) is 0 Å². The third-order valence-corrected chi connectivity index (χ3v) is 1.26. The van der Waals surface area contributed by atoms with Crippen molar-refractivity contribution in [2.75, 3.05) is 7.05 Å².